The molecule has 2 heterocycles. The largest absolute Gasteiger partial charge is 0.481 e. The van der Waals surface area contributed by atoms with Crippen molar-refractivity contribution in [2.75, 3.05) is 5.75 Å². The molecule has 0 saturated heterocycles. The van der Waals surface area contributed by atoms with E-state index in [1.54, 1.807) is 17.8 Å². The summed E-state index contributed by atoms with van der Waals surface area (Å²) in [6.07, 6.45) is 2.10. The monoisotopic (exact) mass is 269 g/mol. The molecule has 96 valence electrons. The maximum absolute atomic E-state index is 10.5. The molecular weight excluding hydrogens is 258 g/mol. The highest BCUT2D eigenvalue weighted by atomic mass is 32.2. The second kappa shape index (κ2) is 5.63. The second-order valence-corrected chi connectivity index (χ2v) is 4.42. The molecule has 0 atom stereocenters. The summed E-state index contributed by atoms with van der Waals surface area (Å²) in [5.41, 5.74) is 0. The molecule has 2 aromatic heterocycles. The molecule has 0 aliphatic rings. The van der Waals surface area contributed by atoms with Crippen LogP contribution in [0.2, 0.25) is 0 Å². The van der Waals surface area contributed by atoms with E-state index >= 15 is 0 Å². The number of carboxylic acid groups (broad SMARTS) is 1. The van der Waals surface area contributed by atoms with E-state index in [2.05, 4.69) is 20.3 Å². The predicted octanol–water partition coefficient (Wildman–Crippen LogP) is 0.389. The molecule has 0 saturated carbocycles. The van der Waals surface area contributed by atoms with Gasteiger partial charge in [0.25, 0.3) is 0 Å². The third-order valence-corrected chi connectivity index (χ3v) is 3.01. The number of carbonyl (C=O) groups is 1. The lowest BCUT2D eigenvalue weighted by molar-refractivity contribution is -0.133. The number of aliphatic carboxylic acids is 1. The summed E-state index contributed by atoms with van der Waals surface area (Å²) >= 11 is 1.13. The number of aromatic nitrogens is 5. The van der Waals surface area contributed by atoms with E-state index in [-0.39, 0.29) is 5.75 Å². The molecule has 0 radical (unpaired) electrons. The average Bonchev–Trinajstić information content (AvgIpc) is 2.92. The van der Waals surface area contributed by atoms with Gasteiger partial charge in [-0.1, -0.05) is 16.9 Å². The highest BCUT2D eigenvalue weighted by molar-refractivity contribution is 7.99. The quantitative estimate of drug-likeness (QED) is 0.750. The number of rotatable bonds is 6. The lowest BCUT2D eigenvalue weighted by Gasteiger charge is -2.02. The van der Waals surface area contributed by atoms with Crippen molar-refractivity contribution in [2.24, 2.45) is 0 Å². The molecule has 2 rings (SSSR count). The summed E-state index contributed by atoms with van der Waals surface area (Å²) < 4.78 is 6.74. The zero-order valence-electron chi connectivity index (χ0n) is 9.61. The van der Waals surface area contributed by atoms with Gasteiger partial charge in [0.2, 0.25) is 5.89 Å². The molecule has 0 aliphatic heterocycles. The standard InChI is InChI=1S/C9H11N5O3S/c1-6-11-7(17-13-6)2-3-14-5-10-12-9(14)18-4-8(15)16/h5H,2-4H2,1H3,(H,15,16). The summed E-state index contributed by atoms with van der Waals surface area (Å²) in [7, 11) is 0. The minimum Gasteiger partial charge on any atom is -0.481 e. The Labute approximate surface area is 106 Å². The minimum absolute atomic E-state index is 0.0433. The van der Waals surface area contributed by atoms with Crippen LogP contribution < -0.4 is 0 Å². The molecule has 2 aromatic rings. The van der Waals surface area contributed by atoms with Crippen molar-refractivity contribution < 1.29 is 14.4 Å². The molecule has 0 bridgehead atoms. The Kier molecular flexibility index (Phi) is 3.92. The Bertz CT molecular complexity index is 538. The van der Waals surface area contributed by atoms with Crippen molar-refractivity contribution >= 4 is 17.7 Å². The number of carboxylic acids is 1. The molecule has 0 fully saturated rings. The first-order valence-electron chi connectivity index (χ1n) is 5.16. The summed E-state index contributed by atoms with van der Waals surface area (Å²) in [5.74, 6) is 0.199. The first kappa shape index (κ1) is 12.6. The first-order valence-corrected chi connectivity index (χ1v) is 6.15. The van der Waals surface area contributed by atoms with Crippen LogP contribution in [0.3, 0.4) is 0 Å². The second-order valence-electron chi connectivity index (χ2n) is 3.47. The van der Waals surface area contributed by atoms with Crippen molar-refractivity contribution in [2.45, 2.75) is 25.0 Å². The molecule has 1 N–H and O–H groups in total. The Balaban J connectivity index is 1.93. The molecule has 9 heteroatoms. The Morgan fingerprint density at radius 2 is 2.44 bits per heavy atom. The van der Waals surface area contributed by atoms with Crippen molar-refractivity contribution in [1.29, 1.82) is 0 Å². The third-order valence-electron chi connectivity index (χ3n) is 2.04. The highest BCUT2D eigenvalue weighted by Gasteiger charge is 2.09. The number of nitrogens with zero attached hydrogens (tertiary/aromatic N) is 5. The fourth-order valence-electron chi connectivity index (χ4n) is 1.29. The number of hydrogen-bond acceptors (Lipinski definition) is 7. The van der Waals surface area contributed by atoms with Gasteiger partial charge in [-0.15, -0.1) is 10.2 Å². The highest BCUT2D eigenvalue weighted by Crippen LogP contribution is 2.14. The fraction of sp³-hybridized carbons (Fsp3) is 0.444. The van der Waals surface area contributed by atoms with Crippen molar-refractivity contribution in [3.63, 3.8) is 0 Å². The summed E-state index contributed by atoms with van der Waals surface area (Å²) in [4.78, 5) is 14.6. The molecule has 0 spiro atoms. The van der Waals surface area contributed by atoms with Crippen molar-refractivity contribution in [1.82, 2.24) is 24.9 Å². The van der Waals surface area contributed by atoms with Crippen LogP contribution >= 0.6 is 11.8 Å². The van der Waals surface area contributed by atoms with E-state index in [4.69, 9.17) is 9.63 Å². The molecule has 0 aliphatic carbocycles. The van der Waals surface area contributed by atoms with Gasteiger partial charge in [0.05, 0.1) is 5.75 Å². The van der Waals surface area contributed by atoms with Gasteiger partial charge in [-0.2, -0.15) is 4.98 Å². The van der Waals surface area contributed by atoms with Crippen LogP contribution in [0.15, 0.2) is 16.0 Å². The lowest BCUT2D eigenvalue weighted by Crippen LogP contribution is -2.04. The number of thioether (sulfide) groups is 1. The molecular formula is C9H11N5O3S. The zero-order chi connectivity index (χ0) is 13.0. The maximum atomic E-state index is 10.5. The van der Waals surface area contributed by atoms with Gasteiger partial charge in [0.15, 0.2) is 11.0 Å². The van der Waals surface area contributed by atoms with E-state index in [0.717, 1.165) is 11.8 Å². The lowest BCUT2D eigenvalue weighted by atomic mass is 10.4. The van der Waals surface area contributed by atoms with E-state index in [1.807, 2.05) is 0 Å². The first-order chi connectivity index (χ1) is 8.65. The van der Waals surface area contributed by atoms with E-state index in [9.17, 15) is 4.79 Å². The van der Waals surface area contributed by atoms with E-state index in [0.29, 0.717) is 29.8 Å². The number of aryl methyl sites for hydroxylation is 3. The van der Waals surface area contributed by atoms with Crippen LogP contribution in [0, 0.1) is 6.92 Å². The smallest absolute Gasteiger partial charge is 0.313 e. The fourth-order valence-corrected chi connectivity index (χ4v) is 1.96. The van der Waals surface area contributed by atoms with Gasteiger partial charge in [-0.05, 0) is 6.92 Å². The van der Waals surface area contributed by atoms with Crippen molar-refractivity contribution in [3.8, 4) is 0 Å². The Hall–Kier alpha value is -1.90. The van der Waals surface area contributed by atoms with Crippen LogP contribution in [0.25, 0.3) is 0 Å². The third kappa shape index (κ3) is 3.29. The van der Waals surface area contributed by atoms with E-state index < -0.39 is 5.97 Å². The topological polar surface area (TPSA) is 107 Å². The summed E-state index contributed by atoms with van der Waals surface area (Å²) in [6, 6.07) is 0. The normalized spacial score (nSPS) is 10.7. The molecule has 0 aromatic carbocycles. The molecule has 0 unspecified atom stereocenters. The number of hydrogen-bond donors (Lipinski definition) is 1. The molecule has 18 heavy (non-hydrogen) atoms. The van der Waals surface area contributed by atoms with Crippen LogP contribution in [-0.4, -0.2) is 41.7 Å². The minimum atomic E-state index is -0.887. The molecule has 8 nitrogen and oxygen atoms in total. The van der Waals surface area contributed by atoms with Crippen LogP contribution in [-0.2, 0) is 17.8 Å². The zero-order valence-corrected chi connectivity index (χ0v) is 10.4. The Morgan fingerprint density at radius 3 is 3.11 bits per heavy atom. The van der Waals surface area contributed by atoms with Gasteiger partial charge in [-0.3, -0.25) is 4.79 Å². The predicted molar refractivity (Wildman–Crippen MR) is 61.1 cm³/mol. The van der Waals surface area contributed by atoms with Crippen LogP contribution in [0.1, 0.15) is 11.7 Å². The average molecular weight is 269 g/mol. The summed E-state index contributed by atoms with van der Waals surface area (Å²) in [5, 5.41) is 20.5. The van der Waals surface area contributed by atoms with Crippen LogP contribution in [0.4, 0.5) is 0 Å². The van der Waals surface area contributed by atoms with Gasteiger partial charge in [0, 0.05) is 13.0 Å². The van der Waals surface area contributed by atoms with Gasteiger partial charge in [0.1, 0.15) is 6.33 Å². The van der Waals surface area contributed by atoms with Crippen LogP contribution in [0.5, 0.6) is 0 Å². The maximum Gasteiger partial charge on any atom is 0.313 e. The van der Waals surface area contributed by atoms with Crippen molar-refractivity contribution in [3.05, 3.63) is 18.0 Å². The van der Waals surface area contributed by atoms with Gasteiger partial charge >= 0.3 is 5.97 Å². The van der Waals surface area contributed by atoms with Gasteiger partial charge < -0.3 is 14.2 Å². The summed E-state index contributed by atoms with van der Waals surface area (Å²) in [6.45, 7) is 2.32. The van der Waals surface area contributed by atoms with Gasteiger partial charge in [-0.25, -0.2) is 0 Å². The molecule has 0 amide bonds. The Morgan fingerprint density at radius 1 is 1.61 bits per heavy atom. The SMILES string of the molecule is Cc1noc(CCn2cnnc2SCC(=O)O)n1. The van der Waals surface area contributed by atoms with E-state index in [1.165, 1.54) is 0 Å².